The number of aryl methyl sites for hydroxylation is 2. The summed E-state index contributed by atoms with van der Waals surface area (Å²) in [5.41, 5.74) is 2.08. The van der Waals surface area contributed by atoms with Gasteiger partial charge in [-0.2, -0.15) is 30.0 Å². The predicted octanol–water partition coefficient (Wildman–Crippen LogP) is 4.05. The minimum Gasteiger partial charge on any atom is -0.484 e. The summed E-state index contributed by atoms with van der Waals surface area (Å²) in [5.74, 6) is 1.07. The summed E-state index contributed by atoms with van der Waals surface area (Å²) in [7, 11) is 0. The molecule has 0 unspecified atom stereocenters. The number of benzene rings is 1. The summed E-state index contributed by atoms with van der Waals surface area (Å²) >= 11 is 1.40. The van der Waals surface area contributed by atoms with Crippen molar-refractivity contribution in [2.45, 2.75) is 56.8 Å². The predicted molar refractivity (Wildman–Crippen MR) is 126 cm³/mol. The summed E-state index contributed by atoms with van der Waals surface area (Å²) in [6.45, 7) is -0.719. The van der Waals surface area contributed by atoms with E-state index in [0.29, 0.717) is 48.8 Å². The van der Waals surface area contributed by atoms with Crippen molar-refractivity contribution in [3.05, 3.63) is 40.6 Å². The fraction of sp³-hybridized carbons (Fsp3) is 0.542. The molecule has 7 nitrogen and oxygen atoms in total. The fourth-order valence-corrected chi connectivity index (χ4v) is 5.41. The monoisotopic (exact) mass is 508 g/mol. The number of carbonyl (C=O) groups is 2. The first-order valence-electron chi connectivity index (χ1n) is 11.7. The first-order valence-corrected chi connectivity index (χ1v) is 13.1. The van der Waals surface area contributed by atoms with Gasteiger partial charge in [0.25, 0.3) is 5.91 Å². The first kappa shape index (κ1) is 24.0. The van der Waals surface area contributed by atoms with Gasteiger partial charge < -0.3 is 15.4 Å². The van der Waals surface area contributed by atoms with E-state index >= 15 is 0 Å². The Hall–Kier alpha value is -2.69. The van der Waals surface area contributed by atoms with Crippen LogP contribution in [0.5, 0.6) is 5.75 Å². The number of rotatable bonds is 8. The van der Waals surface area contributed by atoms with Gasteiger partial charge in [0.15, 0.2) is 6.61 Å². The number of hydrogen-bond acceptors (Lipinski definition) is 5. The lowest BCUT2D eigenvalue weighted by molar-refractivity contribution is -0.153. The van der Waals surface area contributed by atoms with Crippen LogP contribution in [0.3, 0.4) is 0 Å². The van der Waals surface area contributed by atoms with Crippen molar-refractivity contribution in [1.29, 1.82) is 0 Å². The van der Waals surface area contributed by atoms with Crippen LogP contribution in [0.1, 0.15) is 52.9 Å². The third kappa shape index (κ3) is 5.00. The van der Waals surface area contributed by atoms with E-state index < -0.39 is 18.3 Å². The number of fused-ring (bicyclic) bond motifs is 3. The molecule has 2 N–H and O–H groups in total. The summed E-state index contributed by atoms with van der Waals surface area (Å²) in [5, 5.41) is 10.8. The van der Waals surface area contributed by atoms with E-state index in [9.17, 15) is 22.8 Å². The Bertz CT molecular complexity index is 1160. The molecule has 188 valence electrons. The van der Waals surface area contributed by atoms with Crippen LogP contribution in [0, 0.1) is 5.92 Å². The van der Waals surface area contributed by atoms with Gasteiger partial charge in [-0.25, -0.2) is 4.68 Å². The number of nitrogens with one attached hydrogen (secondary N) is 2. The summed E-state index contributed by atoms with van der Waals surface area (Å²) in [6.07, 6.45) is 2.44. The third-order valence-electron chi connectivity index (χ3n) is 6.87. The number of anilines is 1. The maximum absolute atomic E-state index is 13.4. The SMILES string of the molecule is CSCC(=O)Nc1c2c(nn1CCC1CC1)C[C@]1(CCc3cc(OCC(F)(F)F)ccc31)NC2=O. The molecule has 2 amide bonds. The highest BCUT2D eigenvalue weighted by molar-refractivity contribution is 7.99. The second-order valence-electron chi connectivity index (χ2n) is 9.54. The summed E-state index contributed by atoms with van der Waals surface area (Å²) in [6, 6.07) is 4.88. The van der Waals surface area contributed by atoms with Crippen molar-refractivity contribution in [2.75, 3.05) is 23.9 Å². The number of nitrogens with zero attached hydrogens (tertiary/aromatic N) is 2. The van der Waals surface area contributed by atoms with Crippen LogP contribution in [0.2, 0.25) is 0 Å². The highest BCUT2D eigenvalue weighted by atomic mass is 32.2. The highest BCUT2D eigenvalue weighted by Crippen LogP contribution is 2.44. The maximum atomic E-state index is 13.4. The van der Waals surface area contributed by atoms with Gasteiger partial charge in [0, 0.05) is 13.0 Å². The standard InChI is InChI=1S/C24H27F3N4O3S/c1-35-12-19(32)28-21-20-18(30-31(21)9-7-14-2-3-14)11-23(29-22(20)33)8-6-15-10-16(4-5-17(15)23)34-13-24(25,26)27/h4-5,10,14H,2-3,6-9,11-13H2,1H3,(H,28,32)(H,29,33)/t23-/m0/s1. The molecule has 1 saturated carbocycles. The molecule has 35 heavy (non-hydrogen) atoms. The van der Waals surface area contributed by atoms with Gasteiger partial charge in [-0.1, -0.05) is 18.9 Å². The number of alkyl halides is 3. The van der Waals surface area contributed by atoms with Gasteiger partial charge in [-0.15, -0.1) is 0 Å². The van der Waals surface area contributed by atoms with Gasteiger partial charge in [0.2, 0.25) is 5.91 Å². The molecule has 1 spiro atoms. The number of carbonyl (C=O) groups excluding carboxylic acids is 2. The molecule has 3 aliphatic rings. The van der Waals surface area contributed by atoms with Crippen molar-refractivity contribution in [2.24, 2.45) is 5.92 Å². The molecular weight excluding hydrogens is 481 g/mol. The van der Waals surface area contributed by atoms with E-state index in [2.05, 4.69) is 10.6 Å². The number of aromatic nitrogens is 2. The van der Waals surface area contributed by atoms with Gasteiger partial charge >= 0.3 is 6.18 Å². The molecule has 0 saturated heterocycles. The Morgan fingerprint density at radius 2 is 2.17 bits per heavy atom. The van der Waals surface area contributed by atoms with E-state index in [4.69, 9.17) is 9.84 Å². The van der Waals surface area contributed by atoms with Crippen LogP contribution in [-0.2, 0) is 29.7 Å². The maximum Gasteiger partial charge on any atom is 0.422 e. The van der Waals surface area contributed by atoms with E-state index in [1.165, 1.54) is 30.7 Å². The quantitative estimate of drug-likeness (QED) is 0.562. The van der Waals surface area contributed by atoms with Crippen molar-refractivity contribution in [3.63, 3.8) is 0 Å². The second kappa shape index (κ2) is 9.07. The van der Waals surface area contributed by atoms with Crippen molar-refractivity contribution < 1.29 is 27.5 Å². The van der Waals surface area contributed by atoms with Crippen LogP contribution in [0.4, 0.5) is 19.0 Å². The fourth-order valence-electron chi connectivity index (χ4n) is 5.08. The molecular formula is C24H27F3N4O3S. The van der Waals surface area contributed by atoms with Gasteiger partial charge in [0.1, 0.15) is 17.1 Å². The largest absolute Gasteiger partial charge is 0.484 e. The minimum absolute atomic E-state index is 0.157. The van der Waals surface area contributed by atoms with E-state index in [-0.39, 0.29) is 23.3 Å². The molecule has 1 atom stereocenters. The molecule has 5 rings (SSSR count). The average Bonchev–Trinajstić information content (AvgIpc) is 3.48. The van der Waals surface area contributed by atoms with Crippen LogP contribution < -0.4 is 15.4 Å². The number of halogens is 3. The smallest absolute Gasteiger partial charge is 0.422 e. The lowest BCUT2D eigenvalue weighted by atomic mass is 9.82. The van der Waals surface area contributed by atoms with Crippen molar-refractivity contribution in [3.8, 4) is 5.75 Å². The normalized spacial score (nSPS) is 21.0. The van der Waals surface area contributed by atoms with Crippen molar-refractivity contribution in [1.82, 2.24) is 15.1 Å². The first-order chi connectivity index (χ1) is 16.7. The van der Waals surface area contributed by atoms with E-state index in [1.807, 2.05) is 6.26 Å². The summed E-state index contributed by atoms with van der Waals surface area (Å²) in [4.78, 5) is 25.8. The molecule has 11 heteroatoms. The minimum atomic E-state index is -4.41. The summed E-state index contributed by atoms with van der Waals surface area (Å²) < 4.78 is 44.3. The van der Waals surface area contributed by atoms with Crippen molar-refractivity contribution >= 4 is 29.4 Å². The zero-order chi connectivity index (χ0) is 24.8. The number of hydrogen-bond donors (Lipinski definition) is 2. The van der Waals surface area contributed by atoms with Crippen LogP contribution >= 0.6 is 11.8 Å². The molecule has 1 aromatic carbocycles. The Morgan fingerprint density at radius 1 is 1.37 bits per heavy atom. The van der Waals surface area contributed by atoms with E-state index in [1.54, 1.807) is 16.8 Å². The topological polar surface area (TPSA) is 85.2 Å². The number of ether oxygens (including phenoxy) is 1. The highest BCUT2D eigenvalue weighted by Gasteiger charge is 2.46. The third-order valence-corrected chi connectivity index (χ3v) is 7.42. The lowest BCUT2D eigenvalue weighted by Crippen LogP contribution is -2.49. The molecule has 1 fully saturated rings. The average molecular weight is 509 g/mol. The second-order valence-corrected chi connectivity index (χ2v) is 10.4. The molecule has 0 radical (unpaired) electrons. The Balaban J connectivity index is 1.43. The Kier molecular flexibility index (Phi) is 6.23. The van der Waals surface area contributed by atoms with Crippen LogP contribution in [0.15, 0.2) is 18.2 Å². The molecule has 2 aliphatic carbocycles. The molecule has 0 bridgehead atoms. The molecule has 2 heterocycles. The van der Waals surface area contributed by atoms with Crippen LogP contribution in [-0.4, -0.2) is 46.4 Å². The Labute approximate surface area is 205 Å². The zero-order valence-electron chi connectivity index (χ0n) is 19.3. The lowest BCUT2D eigenvalue weighted by Gasteiger charge is -2.35. The van der Waals surface area contributed by atoms with Gasteiger partial charge in [-0.3, -0.25) is 9.59 Å². The van der Waals surface area contributed by atoms with Gasteiger partial charge in [0.05, 0.1) is 17.0 Å². The Morgan fingerprint density at radius 3 is 2.89 bits per heavy atom. The van der Waals surface area contributed by atoms with Gasteiger partial charge in [-0.05, 0) is 54.7 Å². The zero-order valence-corrected chi connectivity index (χ0v) is 20.2. The molecule has 2 aromatic rings. The number of amides is 2. The molecule has 1 aliphatic heterocycles. The van der Waals surface area contributed by atoms with E-state index in [0.717, 1.165) is 17.5 Å². The number of thioether (sulfide) groups is 1. The van der Waals surface area contributed by atoms with Crippen LogP contribution in [0.25, 0.3) is 0 Å². The molecule has 1 aromatic heterocycles.